The van der Waals surface area contributed by atoms with E-state index < -0.39 is 11.9 Å². The van der Waals surface area contributed by atoms with Gasteiger partial charge in [0.05, 0.1) is 5.56 Å². The number of ether oxygens (including phenoxy) is 2. The maximum atomic E-state index is 11.3. The van der Waals surface area contributed by atoms with Gasteiger partial charge in [-0.15, -0.1) is 0 Å². The van der Waals surface area contributed by atoms with Gasteiger partial charge in [0.2, 0.25) is 0 Å². The van der Waals surface area contributed by atoms with Crippen LogP contribution in [0.3, 0.4) is 0 Å². The summed E-state index contributed by atoms with van der Waals surface area (Å²) in [4.78, 5) is 22.4. The Hall–Kier alpha value is -3.34. The van der Waals surface area contributed by atoms with Gasteiger partial charge in [-0.25, -0.2) is 9.59 Å². The predicted octanol–water partition coefficient (Wildman–Crippen LogP) is 3.80. The highest BCUT2D eigenvalue weighted by atomic mass is 16.6. The molecule has 0 atom stereocenters. The van der Waals surface area contributed by atoms with E-state index in [0.29, 0.717) is 11.1 Å². The predicted molar refractivity (Wildman–Crippen MR) is 95.1 cm³/mol. The van der Waals surface area contributed by atoms with Crippen LogP contribution in [0.15, 0.2) is 61.2 Å². The molecule has 0 saturated carbocycles. The zero-order valence-electron chi connectivity index (χ0n) is 13.4. The van der Waals surface area contributed by atoms with Crippen LogP contribution in [0.1, 0.15) is 10.4 Å². The zero-order chi connectivity index (χ0) is 17.8. The van der Waals surface area contributed by atoms with Crippen LogP contribution in [-0.2, 0) is 9.53 Å². The van der Waals surface area contributed by atoms with Gasteiger partial charge in [-0.05, 0) is 29.0 Å². The van der Waals surface area contributed by atoms with Gasteiger partial charge in [-0.3, -0.25) is 0 Å². The van der Waals surface area contributed by atoms with E-state index in [4.69, 9.17) is 9.47 Å². The third-order valence-electron chi connectivity index (χ3n) is 3.80. The van der Waals surface area contributed by atoms with Gasteiger partial charge in [0, 0.05) is 16.8 Å². The van der Waals surface area contributed by atoms with Crippen molar-refractivity contribution in [2.24, 2.45) is 0 Å². The van der Waals surface area contributed by atoms with Gasteiger partial charge in [0.25, 0.3) is 0 Å². The van der Waals surface area contributed by atoms with Crippen molar-refractivity contribution in [1.82, 2.24) is 0 Å². The minimum atomic E-state index is -0.999. The van der Waals surface area contributed by atoms with Gasteiger partial charge < -0.3 is 14.6 Å². The van der Waals surface area contributed by atoms with Gasteiger partial charge in [-0.1, -0.05) is 36.9 Å². The highest BCUT2D eigenvalue weighted by Crippen LogP contribution is 2.35. The average Bonchev–Trinajstić information content (AvgIpc) is 2.63. The molecule has 5 nitrogen and oxygen atoms in total. The Morgan fingerprint density at radius 1 is 1.00 bits per heavy atom. The normalized spacial score (nSPS) is 10.6. The smallest absolute Gasteiger partial charge is 0.335 e. The number of benzene rings is 3. The summed E-state index contributed by atoms with van der Waals surface area (Å²) in [7, 11) is 0. The van der Waals surface area contributed by atoms with Crippen molar-refractivity contribution in [1.29, 1.82) is 0 Å². The molecule has 0 aliphatic heterocycles. The number of esters is 1. The lowest BCUT2D eigenvalue weighted by Crippen LogP contribution is -2.10. The number of fused-ring (bicyclic) bond motifs is 2. The molecule has 25 heavy (non-hydrogen) atoms. The van der Waals surface area contributed by atoms with E-state index in [9.17, 15) is 14.7 Å². The fourth-order valence-corrected chi connectivity index (χ4v) is 2.65. The van der Waals surface area contributed by atoms with E-state index in [1.54, 1.807) is 18.2 Å². The highest BCUT2D eigenvalue weighted by Gasteiger charge is 2.12. The monoisotopic (exact) mass is 336 g/mol. The molecule has 0 fully saturated rings. The van der Waals surface area contributed by atoms with Crippen molar-refractivity contribution in [2.75, 3.05) is 13.2 Å². The second-order valence-electron chi connectivity index (χ2n) is 5.39. The minimum absolute atomic E-state index is 0.0776. The van der Waals surface area contributed by atoms with Crippen LogP contribution in [0, 0.1) is 0 Å². The number of carboxylic acid groups (broad SMARTS) is 1. The Kier molecular flexibility index (Phi) is 4.66. The lowest BCUT2D eigenvalue weighted by atomic mass is 10.0. The largest absolute Gasteiger partial charge is 0.489 e. The Morgan fingerprint density at radius 2 is 1.76 bits per heavy atom. The first-order chi connectivity index (χ1) is 12.1. The lowest BCUT2D eigenvalue weighted by Gasteiger charge is -2.13. The van der Waals surface area contributed by atoms with Crippen LogP contribution in [-0.4, -0.2) is 30.3 Å². The van der Waals surface area contributed by atoms with Crippen LogP contribution in [0.5, 0.6) is 5.75 Å². The average molecular weight is 336 g/mol. The Balaban J connectivity index is 2.03. The zero-order valence-corrected chi connectivity index (χ0v) is 13.4. The second-order valence-corrected chi connectivity index (χ2v) is 5.39. The number of carboxylic acids is 1. The molecular weight excluding hydrogens is 320 g/mol. The molecule has 0 heterocycles. The number of hydrogen-bond donors (Lipinski definition) is 1. The van der Waals surface area contributed by atoms with Crippen molar-refractivity contribution >= 4 is 33.5 Å². The molecule has 126 valence electrons. The van der Waals surface area contributed by atoms with Crippen LogP contribution >= 0.6 is 0 Å². The first kappa shape index (κ1) is 16.5. The van der Waals surface area contributed by atoms with Crippen LogP contribution in [0.25, 0.3) is 21.5 Å². The topological polar surface area (TPSA) is 72.8 Å². The Morgan fingerprint density at radius 3 is 2.52 bits per heavy atom. The molecule has 0 spiro atoms. The number of hydrogen-bond acceptors (Lipinski definition) is 4. The summed E-state index contributed by atoms with van der Waals surface area (Å²) >= 11 is 0. The summed E-state index contributed by atoms with van der Waals surface area (Å²) in [5.74, 6) is -0.939. The van der Waals surface area contributed by atoms with E-state index in [-0.39, 0.29) is 18.8 Å². The molecule has 3 rings (SSSR count). The maximum Gasteiger partial charge on any atom is 0.335 e. The molecule has 1 N–H and O–H groups in total. The Bertz CT molecular complexity index is 974. The fraction of sp³-hybridized carbons (Fsp3) is 0.100. The SMILES string of the molecule is C=CC(=O)OCCOc1c2ccccc2cc2ccc(C(=O)O)cc12. The summed E-state index contributed by atoms with van der Waals surface area (Å²) in [5, 5.41) is 12.7. The van der Waals surface area contributed by atoms with Gasteiger partial charge >= 0.3 is 11.9 Å². The molecule has 0 radical (unpaired) electrons. The number of aromatic carboxylic acids is 1. The number of rotatable bonds is 6. The molecule has 0 saturated heterocycles. The summed E-state index contributed by atoms with van der Waals surface area (Å²) < 4.78 is 10.8. The van der Waals surface area contributed by atoms with Gasteiger partial charge in [0.15, 0.2) is 0 Å². The van der Waals surface area contributed by atoms with Crippen LogP contribution < -0.4 is 4.74 Å². The van der Waals surface area contributed by atoms with E-state index >= 15 is 0 Å². The van der Waals surface area contributed by atoms with E-state index in [1.807, 2.05) is 30.3 Å². The molecule has 0 aromatic heterocycles. The Labute approximate surface area is 144 Å². The molecule has 3 aromatic rings. The molecule has 3 aromatic carbocycles. The fourth-order valence-electron chi connectivity index (χ4n) is 2.65. The number of carbonyl (C=O) groups is 2. The van der Waals surface area contributed by atoms with Gasteiger partial charge in [-0.2, -0.15) is 0 Å². The summed E-state index contributed by atoms with van der Waals surface area (Å²) in [6, 6.07) is 14.6. The van der Waals surface area contributed by atoms with Gasteiger partial charge in [0.1, 0.15) is 19.0 Å². The first-order valence-corrected chi connectivity index (χ1v) is 7.71. The van der Waals surface area contributed by atoms with Crippen molar-refractivity contribution in [3.63, 3.8) is 0 Å². The lowest BCUT2D eigenvalue weighted by molar-refractivity contribution is -0.138. The standard InChI is InChI=1S/C20H16O5/c1-2-18(21)24-9-10-25-19-16-6-4-3-5-13(16)11-14-7-8-15(20(22)23)12-17(14)19/h2-8,11-12H,1,9-10H2,(H,22,23). The second kappa shape index (κ2) is 7.05. The van der Waals surface area contributed by atoms with Crippen LogP contribution in [0.4, 0.5) is 0 Å². The van der Waals surface area contributed by atoms with E-state index in [0.717, 1.165) is 22.2 Å². The molecule has 0 unspecified atom stereocenters. The molecule has 0 aliphatic rings. The van der Waals surface area contributed by atoms with Crippen molar-refractivity contribution in [3.8, 4) is 5.75 Å². The molecular formula is C20H16O5. The molecule has 0 amide bonds. The highest BCUT2D eigenvalue weighted by molar-refractivity contribution is 6.07. The third-order valence-corrected chi connectivity index (χ3v) is 3.80. The third kappa shape index (κ3) is 3.45. The van der Waals surface area contributed by atoms with Crippen molar-refractivity contribution in [3.05, 3.63) is 66.7 Å². The molecule has 5 heteroatoms. The summed E-state index contributed by atoms with van der Waals surface area (Å²) in [5.41, 5.74) is 0.186. The minimum Gasteiger partial charge on any atom is -0.489 e. The molecule has 0 bridgehead atoms. The van der Waals surface area contributed by atoms with E-state index in [1.165, 1.54) is 0 Å². The van der Waals surface area contributed by atoms with Crippen LogP contribution in [0.2, 0.25) is 0 Å². The first-order valence-electron chi connectivity index (χ1n) is 7.71. The van der Waals surface area contributed by atoms with E-state index in [2.05, 4.69) is 6.58 Å². The summed E-state index contributed by atoms with van der Waals surface area (Å²) in [6.45, 7) is 3.56. The quantitative estimate of drug-likeness (QED) is 0.321. The molecule has 0 aliphatic carbocycles. The number of carbonyl (C=O) groups excluding carboxylic acids is 1. The maximum absolute atomic E-state index is 11.3. The van der Waals surface area contributed by atoms with Crippen molar-refractivity contribution < 1.29 is 24.2 Å². The summed E-state index contributed by atoms with van der Waals surface area (Å²) in [6.07, 6.45) is 1.09. The van der Waals surface area contributed by atoms with Crippen molar-refractivity contribution in [2.45, 2.75) is 0 Å².